The van der Waals surface area contributed by atoms with Gasteiger partial charge in [-0.3, -0.25) is 4.79 Å². The van der Waals surface area contributed by atoms with E-state index in [1.54, 1.807) is 31.2 Å². The minimum Gasteiger partial charge on any atom is -0.492 e. The summed E-state index contributed by atoms with van der Waals surface area (Å²) in [6.07, 6.45) is 1.68. The minimum atomic E-state index is -3.71. The number of hydrogen-bond donors (Lipinski definition) is 1. The molecule has 0 aromatic heterocycles. The Kier molecular flexibility index (Phi) is 6.59. The van der Waals surface area contributed by atoms with E-state index in [-0.39, 0.29) is 22.1 Å². The lowest BCUT2D eigenvalue weighted by atomic mass is 10.2. The molecule has 2 aromatic carbocycles. The molecule has 6 nitrogen and oxygen atoms in total. The smallest absolute Gasteiger partial charge is 0.251 e. The highest BCUT2D eigenvalue weighted by molar-refractivity contribution is 7.89. The van der Waals surface area contributed by atoms with Crippen molar-refractivity contribution in [3.8, 4) is 5.75 Å². The number of hydrogen-bond acceptors (Lipinski definition) is 4. The summed E-state index contributed by atoms with van der Waals surface area (Å²) in [5.41, 5.74) is 1.17. The second-order valence-electron chi connectivity index (χ2n) is 6.51. The van der Waals surface area contributed by atoms with Crippen molar-refractivity contribution in [2.24, 2.45) is 0 Å². The predicted molar refractivity (Wildman–Crippen MR) is 108 cm³/mol. The zero-order valence-electron chi connectivity index (χ0n) is 15.7. The number of ether oxygens (including phenoxy) is 1. The second-order valence-corrected chi connectivity index (χ2v) is 8.86. The van der Waals surface area contributed by atoms with Crippen molar-refractivity contribution in [2.45, 2.75) is 31.2 Å². The Labute approximate surface area is 170 Å². The van der Waals surface area contributed by atoms with Gasteiger partial charge in [-0.1, -0.05) is 23.7 Å². The first kappa shape index (κ1) is 20.6. The van der Waals surface area contributed by atoms with Gasteiger partial charge in [0.05, 0.1) is 6.61 Å². The number of halogens is 1. The molecular weight excluding hydrogens is 400 g/mol. The van der Waals surface area contributed by atoms with Crippen molar-refractivity contribution in [2.75, 3.05) is 19.7 Å². The summed E-state index contributed by atoms with van der Waals surface area (Å²) in [6, 6.07) is 11.7. The molecule has 1 N–H and O–H groups in total. The number of sulfonamides is 1. The Hall–Kier alpha value is -2.09. The van der Waals surface area contributed by atoms with Crippen molar-refractivity contribution in [3.63, 3.8) is 0 Å². The molecule has 28 heavy (non-hydrogen) atoms. The molecule has 0 radical (unpaired) electrons. The zero-order valence-corrected chi connectivity index (χ0v) is 17.2. The lowest BCUT2D eigenvalue weighted by molar-refractivity contribution is 0.0950. The average Bonchev–Trinajstić information content (AvgIpc) is 3.23. The fourth-order valence-corrected chi connectivity index (χ4v) is 4.88. The first-order valence-electron chi connectivity index (χ1n) is 9.21. The van der Waals surface area contributed by atoms with Crippen molar-refractivity contribution in [1.82, 2.24) is 9.62 Å². The number of benzene rings is 2. The van der Waals surface area contributed by atoms with Gasteiger partial charge in [0.25, 0.3) is 5.91 Å². The maximum atomic E-state index is 13.0. The highest BCUT2D eigenvalue weighted by Crippen LogP contribution is 2.30. The Balaban J connectivity index is 1.83. The summed E-state index contributed by atoms with van der Waals surface area (Å²) in [4.78, 5) is 12.6. The summed E-state index contributed by atoms with van der Waals surface area (Å²) in [6.45, 7) is 3.42. The normalized spacial score (nSPS) is 14.8. The quantitative estimate of drug-likeness (QED) is 0.741. The topological polar surface area (TPSA) is 75.7 Å². The van der Waals surface area contributed by atoms with Gasteiger partial charge >= 0.3 is 0 Å². The van der Waals surface area contributed by atoms with Crippen molar-refractivity contribution in [3.05, 3.63) is 58.6 Å². The number of rotatable bonds is 7. The van der Waals surface area contributed by atoms with Crippen LogP contribution in [0.4, 0.5) is 0 Å². The predicted octanol–water partition coefficient (Wildman–Crippen LogP) is 3.45. The highest BCUT2D eigenvalue weighted by Gasteiger charge is 2.30. The van der Waals surface area contributed by atoms with Crippen molar-refractivity contribution in [1.29, 1.82) is 0 Å². The Morgan fingerprint density at radius 3 is 2.46 bits per heavy atom. The highest BCUT2D eigenvalue weighted by atomic mass is 35.5. The van der Waals surface area contributed by atoms with Gasteiger partial charge < -0.3 is 10.1 Å². The maximum Gasteiger partial charge on any atom is 0.251 e. The van der Waals surface area contributed by atoms with Crippen LogP contribution in [-0.2, 0) is 16.6 Å². The summed E-state index contributed by atoms with van der Waals surface area (Å²) in [5, 5.41) is 3.43. The summed E-state index contributed by atoms with van der Waals surface area (Å²) >= 11 is 5.86. The molecule has 0 atom stereocenters. The fourth-order valence-electron chi connectivity index (χ4n) is 3.08. The van der Waals surface area contributed by atoms with E-state index in [1.807, 2.05) is 12.1 Å². The van der Waals surface area contributed by atoms with Gasteiger partial charge in [0.2, 0.25) is 10.0 Å². The van der Waals surface area contributed by atoms with Crippen molar-refractivity contribution < 1.29 is 17.9 Å². The first-order chi connectivity index (χ1) is 13.4. The number of carbonyl (C=O) groups excluding carboxylic acids is 1. The molecule has 1 fully saturated rings. The molecule has 2 aromatic rings. The summed E-state index contributed by atoms with van der Waals surface area (Å²) in [7, 11) is -3.71. The molecule has 0 spiro atoms. The fraction of sp³-hybridized carbons (Fsp3) is 0.350. The van der Waals surface area contributed by atoms with Crippen molar-refractivity contribution >= 4 is 27.5 Å². The van der Waals surface area contributed by atoms with Gasteiger partial charge in [-0.25, -0.2) is 8.42 Å². The van der Waals surface area contributed by atoms with E-state index in [2.05, 4.69) is 5.32 Å². The zero-order chi connectivity index (χ0) is 20.1. The van der Waals surface area contributed by atoms with Crippen LogP contribution in [0.2, 0.25) is 5.02 Å². The van der Waals surface area contributed by atoms with Gasteiger partial charge in [0.1, 0.15) is 10.6 Å². The van der Waals surface area contributed by atoms with Gasteiger partial charge in [0, 0.05) is 30.2 Å². The SMILES string of the molecule is CCOc1ccc(C(=O)NCc2ccc(Cl)cc2)cc1S(=O)(=O)N1CCCC1. The number of amides is 1. The van der Waals surface area contributed by atoms with Gasteiger partial charge in [-0.05, 0) is 55.7 Å². The molecule has 8 heteroatoms. The van der Waals surface area contributed by atoms with E-state index in [9.17, 15) is 13.2 Å². The van der Waals surface area contributed by atoms with Crippen LogP contribution in [0.3, 0.4) is 0 Å². The van der Waals surface area contributed by atoms with Crippen LogP contribution in [0, 0.1) is 0 Å². The lowest BCUT2D eigenvalue weighted by Gasteiger charge is -2.19. The average molecular weight is 423 g/mol. The van der Waals surface area contributed by atoms with Crippen LogP contribution < -0.4 is 10.1 Å². The van der Waals surface area contributed by atoms with Gasteiger partial charge in [-0.2, -0.15) is 4.31 Å². The molecular formula is C20H23ClN2O4S. The van der Waals surface area contributed by atoms with Crippen LogP contribution in [-0.4, -0.2) is 38.3 Å². The third-order valence-corrected chi connectivity index (χ3v) is 6.73. The molecule has 1 heterocycles. The van der Waals surface area contributed by atoms with E-state index in [4.69, 9.17) is 16.3 Å². The van der Waals surface area contributed by atoms with Crippen LogP contribution in [0.1, 0.15) is 35.7 Å². The van der Waals surface area contributed by atoms with Gasteiger partial charge in [0.15, 0.2) is 0 Å². The standard InChI is InChI=1S/C20H23ClN2O4S/c1-2-27-18-10-7-16(13-19(18)28(25,26)23-11-3-4-12-23)20(24)22-14-15-5-8-17(21)9-6-15/h5-10,13H,2-4,11-12,14H2,1H3,(H,22,24). The minimum absolute atomic E-state index is 0.0374. The molecule has 0 saturated carbocycles. The Bertz CT molecular complexity index is 939. The van der Waals surface area contributed by atoms with Crippen LogP contribution in [0.25, 0.3) is 0 Å². The molecule has 150 valence electrons. The van der Waals surface area contributed by atoms with E-state index in [1.165, 1.54) is 10.4 Å². The Morgan fingerprint density at radius 2 is 1.82 bits per heavy atom. The van der Waals surface area contributed by atoms with E-state index >= 15 is 0 Å². The third-order valence-electron chi connectivity index (χ3n) is 4.55. The molecule has 0 unspecified atom stereocenters. The monoisotopic (exact) mass is 422 g/mol. The third kappa shape index (κ3) is 4.66. The first-order valence-corrected chi connectivity index (χ1v) is 11.0. The number of carbonyl (C=O) groups is 1. The van der Waals surface area contributed by atoms with Gasteiger partial charge in [-0.15, -0.1) is 0 Å². The Morgan fingerprint density at radius 1 is 1.14 bits per heavy atom. The van der Waals surface area contributed by atoms with E-state index < -0.39 is 10.0 Å². The summed E-state index contributed by atoms with van der Waals surface area (Å²) < 4.78 is 33.0. The number of nitrogens with zero attached hydrogens (tertiary/aromatic N) is 1. The molecule has 3 rings (SSSR count). The summed E-state index contributed by atoms with van der Waals surface area (Å²) in [5.74, 6) is -0.0838. The van der Waals surface area contributed by atoms with Crippen LogP contribution >= 0.6 is 11.6 Å². The van der Waals surface area contributed by atoms with Crippen LogP contribution in [0.5, 0.6) is 5.75 Å². The van der Waals surface area contributed by atoms with Crippen LogP contribution in [0.15, 0.2) is 47.4 Å². The molecule has 0 bridgehead atoms. The lowest BCUT2D eigenvalue weighted by Crippen LogP contribution is -2.29. The molecule has 1 amide bonds. The maximum absolute atomic E-state index is 13.0. The number of nitrogens with one attached hydrogen (secondary N) is 1. The second kappa shape index (κ2) is 8.94. The molecule has 1 aliphatic rings. The van der Waals surface area contributed by atoms with E-state index in [0.717, 1.165) is 18.4 Å². The molecule has 1 saturated heterocycles. The molecule has 1 aliphatic heterocycles. The largest absolute Gasteiger partial charge is 0.492 e. The molecule has 0 aliphatic carbocycles. The van der Waals surface area contributed by atoms with E-state index in [0.29, 0.717) is 31.3 Å².